The molecule has 29 heavy (non-hydrogen) atoms. The lowest BCUT2D eigenvalue weighted by molar-refractivity contribution is 0.0682. The van der Waals surface area contributed by atoms with E-state index in [-0.39, 0.29) is 29.8 Å². The van der Waals surface area contributed by atoms with Crippen LogP contribution >= 0.6 is 0 Å². The molecule has 0 spiro atoms. The second-order valence-electron chi connectivity index (χ2n) is 7.73. The molecule has 10 heteroatoms. The Morgan fingerprint density at radius 1 is 1.28 bits per heavy atom. The van der Waals surface area contributed by atoms with E-state index in [2.05, 4.69) is 20.8 Å². The minimum absolute atomic E-state index is 0.0150. The number of aromatic nitrogens is 2. The number of sulfone groups is 1. The lowest BCUT2D eigenvalue weighted by Gasteiger charge is -2.13. The summed E-state index contributed by atoms with van der Waals surface area (Å²) in [6.45, 7) is 4.07. The standard InChI is InChI=1S/C19H24N4O5S/c1-11(2)20-19(24)28-15-6-17(27-8-15)16-7-18(23-22-16)21-14-4-3-12-9-29(25,26)10-13(12)5-14/h3-5,7,11,15,17H,6,8-10H2,1-2H3,(H,20,24)(H2,21,22,23)/t15-,17+/m1/s1. The molecule has 9 nitrogen and oxygen atoms in total. The number of nitrogens with zero attached hydrogens (tertiary/aromatic N) is 1. The molecule has 2 aromatic rings. The van der Waals surface area contributed by atoms with Crippen LogP contribution < -0.4 is 10.6 Å². The van der Waals surface area contributed by atoms with Crippen molar-refractivity contribution in [3.05, 3.63) is 41.1 Å². The van der Waals surface area contributed by atoms with Crippen molar-refractivity contribution < 1.29 is 22.7 Å². The maximum atomic E-state index is 11.8. The predicted molar refractivity (Wildman–Crippen MR) is 106 cm³/mol. The van der Waals surface area contributed by atoms with Crippen LogP contribution in [0.4, 0.5) is 16.3 Å². The Morgan fingerprint density at radius 2 is 2.07 bits per heavy atom. The van der Waals surface area contributed by atoms with E-state index in [4.69, 9.17) is 9.47 Å². The molecule has 0 radical (unpaired) electrons. The van der Waals surface area contributed by atoms with Gasteiger partial charge < -0.3 is 20.1 Å². The number of benzene rings is 1. The first-order valence-corrected chi connectivity index (χ1v) is 11.3. The molecule has 3 heterocycles. The summed E-state index contributed by atoms with van der Waals surface area (Å²) in [7, 11) is -3.03. The molecule has 1 saturated heterocycles. The van der Waals surface area contributed by atoms with Crippen molar-refractivity contribution in [2.24, 2.45) is 0 Å². The Bertz CT molecular complexity index is 1020. The van der Waals surface area contributed by atoms with E-state index in [1.54, 1.807) is 0 Å². The third kappa shape index (κ3) is 4.70. The molecule has 1 fully saturated rings. The molecule has 4 rings (SSSR count). The van der Waals surface area contributed by atoms with Crippen molar-refractivity contribution in [3.8, 4) is 0 Å². The number of hydrogen-bond donors (Lipinski definition) is 3. The number of H-pyrrole nitrogens is 1. The fraction of sp³-hybridized carbons (Fsp3) is 0.474. The highest BCUT2D eigenvalue weighted by molar-refractivity contribution is 7.90. The first-order valence-electron chi connectivity index (χ1n) is 9.51. The van der Waals surface area contributed by atoms with Gasteiger partial charge in [0.25, 0.3) is 0 Å². The molecular weight excluding hydrogens is 396 g/mol. The Morgan fingerprint density at radius 3 is 2.86 bits per heavy atom. The molecule has 1 aromatic carbocycles. The van der Waals surface area contributed by atoms with Crippen LogP contribution in [0, 0.1) is 0 Å². The maximum absolute atomic E-state index is 11.8. The van der Waals surface area contributed by atoms with E-state index in [0.717, 1.165) is 22.5 Å². The van der Waals surface area contributed by atoms with Gasteiger partial charge in [-0.2, -0.15) is 5.10 Å². The normalized spacial score (nSPS) is 22.4. The van der Waals surface area contributed by atoms with Crippen LogP contribution in [0.5, 0.6) is 0 Å². The topological polar surface area (TPSA) is 122 Å². The number of alkyl carbamates (subject to hydrolysis) is 1. The fourth-order valence-electron chi connectivity index (χ4n) is 3.54. The van der Waals surface area contributed by atoms with Crippen molar-refractivity contribution in [3.63, 3.8) is 0 Å². The molecule has 3 N–H and O–H groups in total. The Balaban J connectivity index is 1.36. The third-order valence-electron chi connectivity index (χ3n) is 4.81. The lowest BCUT2D eigenvalue weighted by Crippen LogP contribution is -2.33. The summed E-state index contributed by atoms with van der Waals surface area (Å²) in [4.78, 5) is 11.7. The Hall–Kier alpha value is -2.59. The van der Waals surface area contributed by atoms with Crippen LogP contribution in [0.2, 0.25) is 0 Å². The van der Waals surface area contributed by atoms with Gasteiger partial charge in [0.05, 0.1) is 23.8 Å². The van der Waals surface area contributed by atoms with Crippen LogP contribution in [0.1, 0.15) is 43.2 Å². The number of amides is 1. The average Bonchev–Trinajstić information content (AvgIpc) is 3.31. The van der Waals surface area contributed by atoms with Gasteiger partial charge in [-0.05, 0) is 37.1 Å². The molecule has 2 aliphatic heterocycles. The van der Waals surface area contributed by atoms with Crippen molar-refractivity contribution >= 4 is 27.4 Å². The van der Waals surface area contributed by atoms with Crippen LogP contribution in [0.25, 0.3) is 0 Å². The fourth-order valence-corrected chi connectivity index (χ4v) is 5.14. The lowest BCUT2D eigenvalue weighted by atomic mass is 10.1. The quantitative estimate of drug-likeness (QED) is 0.679. The highest BCUT2D eigenvalue weighted by Gasteiger charge is 2.31. The van der Waals surface area contributed by atoms with E-state index >= 15 is 0 Å². The summed E-state index contributed by atoms with van der Waals surface area (Å²) in [5, 5.41) is 13.1. The van der Waals surface area contributed by atoms with Gasteiger partial charge in [0.2, 0.25) is 0 Å². The summed E-state index contributed by atoms with van der Waals surface area (Å²) >= 11 is 0. The number of ether oxygens (including phenoxy) is 2. The largest absolute Gasteiger partial charge is 0.444 e. The summed E-state index contributed by atoms with van der Waals surface area (Å²) in [5.41, 5.74) is 3.24. The minimum Gasteiger partial charge on any atom is -0.444 e. The molecule has 0 saturated carbocycles. The number of carbonyl (C=O) groups is 1. The number of hydrogen-bond acceptors (Lipinski definition) is 7. The first-order chi connectivity index (χ1) is 13.8. The maximum Gasteiger partial charge on any atom is 0.407 e. The molecule has 1 amide bonds. The van der Waals surface area contributed by atoms with Gasteiger partial charge >= 0.3 is 6.09 Å². The second-order valence-corrected chi connectivity index (χ2v) is 9.80. The number of aromatic amines is 1. The van der Waals surface area contributed by atoms with Crippen molar-refractivity contribution in [1.29, 1.82) is 0 Å². The third-order valence-corrected chi connectivity index (χ3v) is 6.32. The summed E-state index contributed by atoms with van der Waals surface area (Å²) in [6.07, 6.45) is -0.443. The number of carbonyl (C=O) groups excluding carboxylic acids is 1. The average molecular weight is 420 g/mol. The summed E-state index contributed by atoms with van der Waals surface area (Å²) < 4.78 is 34.6. The minimum atomic E-state index is -3.03. The Kier molecular flexibility index (Phi) is 5.22. The number of fused-ring (bicyclic) bond motifs is 1. The van der Waals surface area contributed by atoms with E-state index in [0.29, 0.717) is 18.8 Å². The van der Waals surface area contributed by atoms with Crippen molar-refractivity contribution in [2.75, 3.05) is 11.9 Å². The van der Waals surface area contributed by atoms with Gasteiger partial charge in [0.15, 0.2) is 15.7 Å². The SMILES string of the molecule is CC(C)NC(=O)O[C@H]1CO[C@H](c2cc(Nc3ccc4c(c3)CS(=O)(=O)C4)n[nH]2)C1. The van der Waals surface area contributed by atoms with E-state index in [9.17, 15) is 13.2 Å². The Labute approximate surface area is 169 Å². The smallest absolute Gasteiger partial charge is 0.407 e. The number of rotatable bonds is 5. The van der Waals surface area contributed by atoms with Crippen molar-refractivity contribution in [2.45, 2.75) is 50.0 Å². The van der Waals surface area contributed by atoms with Crippen LogP contribution in [-0.2, 0) is 30.8 Å². The molecule has 1 aromatic heterocycles. The number of nitrogens with one attached hydrogen (secondary N) is 3. The van der Waals surface area contributed by atoms with Gasteiger partial charge in [0, 0.05) is 24.2 Å². The van der Waals surface area contributed by atoms with Crippen LogP contribution in [-0.4, -0.2) is 43.5 Å². The van der Waals surface area contributed by atoms with Gasteiger partial charge in [-0.15, -0.1) is 0 Å². The van der Waals surface area contributed by atoms with Crippen LogP contribution in [0.3, 0.4) is 0 Å². The van der Waals surface area contributed by atoms with Gasteiger partial charge in [0.1, 0.15) is 12.2 Å². The molecule has 2 atom stereocenters. The van der Waals surface area contributed by atoms with Gasteiger partial charge in [-0.3, -0.25) is 5.10 Å². The van der Waals surface area contributed by atoms with Crippen molar-refractivity contribution in [1.82, 2.24) is 15.5 Å². The molecule has 2 aliphatic rings. The molecule has 0 unspecified atom stereocenters. The molecule has 156 valence electrons. The van der Waals surface area contributed by atoms with E-state index in [1.807, 2.05) is 38.1 Å². The van der Waals surface area contributed by atoms with Gasteiger partial charge in [-0.25, -0.2) is 13.2 Å². The monoisotopic (exact) mass is 420 g/mol. The molecule has 0 aliphatic carbocycles. The highest BCUT2D eigenvalue weighted by Crippen LogP contribution is 2.32. The van der Waals surface area contributed by atoms with E-state index in [1.165, 1.54) is 0 Å². The molecular formula is C19H24N4O5S. The second kappa shape index (κ2) is 7.68. The van der Waals surface area contributed by atoms with E-state index < -0.39 is 15.9 Å². The highest BCUT2D eigenvalue weighted by atomic mass is 32.2. The van der Waals surface area contributed by atoms with Gasteiger partial charge in [-0.1, -0.05) is 6.07 Å². The predicted octanol–water partition coefficient (Wildman–Crippen LogP) is 2.55. The van der Waals surface area contributed by atoms with Crippen LogP contribution in [0.15, 0.2) is 24.3 Å². The summed E-state index contributed by atoms with van der Waals surface area (Å²) in [6, 6.07) is 7.38. The number of anilines is 2. The molecule has 0 bridgehead atoms. The summed E-state index contributed by atoms with van der Waals surface area (Å²) in [5.74, 6) is 0.782. The zero-order valence-electron chi connectivity index (χ0n) is 16.3. The first kappa shape index (κ1) is 19.7. The zero-order chi connectivity index (χ0) is 20.6. The zero-order valence-corrected chi connectivity index (χ0v) is 17.1.